The van der Waals surface area contributed by atoms with E-state index < -0.39 is 28.0 Å². The van der Waals surface area contributed by atoms with E-state index in [4.69, 9.17) is 21.1 Å². The van der Waals surface area contributed by atoms with Gasteiger partial charge in [-0.15, -0.1) is 0 Å². The van der Waals surface area contributed by atoms with Crippen LogP contribution in [0.15, 0.2) is 53.4 Å². The van der Waals surface area contributed by atoms with Gasteiger partial charge in [-0.1, -0.05) is 23.7 Å². The summed E-state index contributed by atoms with van der Waals surface area (Å²) in [6.45, 7) is 5.59. The second-order valence-electron chi connectivity index (χ2n) is 7.62. The molecule has 32 heavy (non-hydrogen) atoms. The molecule has 0 bridgehead atoms. The van der Waals surface area contributed by atoms with Crippen molar-refractivity contribution in [2.75, 3.05) is 18.4 Å². The minimum Gasteiger partial charge on any atom is -0.449 e. The molecule has 1 amide bonds. The van der Waals surface area contributed by atoms with Crippen LogP contribution in [0.4, 0.5) is 5.69 Å². The van der Waals surface area contributed by atoms with Crippen molar-refractivity contribution in [3.8, 4) is 0 Å². The topological polar surface area (TPSA) is 102 Å². The molecule has 1 heterocycles. The average molecular weight is 481 g/mol. The maximum absolute atomic E-state index is 12.9. The van der Waals surface area contributed by atoms with E-state index in [0.29, 0.717) is 10.7 Å². The summed E-state index contributed by atoms with van der Waals surface area (Å²) in [7, 11) is -3.72. The molecular weight excluding hydrogens is 456 g/mol. The Kier molecular flexibility index (Phi) is 7.55. The molecule has 1 aliphatic rings. The lowest BCUT2D eigenvalue weighted by Crippen LogP contribution is -2.48. The van der Waals surface area contributed by atoms with Crippen LogP contribution < -0.4 is 5.32 Å². The number of halogens is 1. The van der Waals surface area contributed by atoms with E-state index in [0.717, 1.165) is 0 Å². The molecule has 1 saturated heterocycles. The lowest BCUT2D eigenvalue weighted by Gasteiger charge is -2.34. The van der Waals surface area contributed by atoms with Crippen LogP contribution >= 0.6 is 11.6 Å². The standard InChI is InChI=1S/C22H25ClN2O6S/c1-14-12-25(13-15(2)30-14)32(28,29)18-10-8-17(9-11-18)22(27)31-16(3)21(26)24-20-7-5-4-6-19(20)23/h4-11,14-16H,12-13H2,1-3H3,(H,24,26). The number of benzene rings is 2. The molecule has 0 spiro atoms. The number of ether oxygens (including phenoxy) is 2. The number of morpholine rings is 1. The van der Waals surface area contributed by atoms with Gasteiger partial charge in [0.2, 0.25) is 10.0 Å². The van der Waals surface area contributed by atoms with Crippen molar-refractivity contribution in [2.45, 2.75) is 44.0 Å². The van der Waals surface area contributed by atoms with Gasteiger partial charge in [0.25, 0.3) is 5.91 Å². The summed E-state index contributed by atoms with van der Waals surface area (Å²) in [5.41, 5.74) is 0.536. The number of nitrogens with zero attached hydrogens (tertiary/aromatic N) is 1. The van der Waals surface area contributed by atoms with E-state index in [1.165, 1.54) is 35.5 Å². The van der Waals surface area contributed by atoms with Crippen molar-refractivity contribution < 1.29 is 27.5 Å². The Bertz CT molecular complexity index is 1080. The first kappa shape index (κ1) is 24.2. The van der Waals surface area contributed by atoms with Gasteiger partial charge in [0.15, 0.2) is 6.10 Å². The molecule has 1 fully saturated rings. The molecule has 3 atom stereocenters. The molecule has 0 aromatic heterocycles. The first-order valence-corrected chi connectivity index (χ1v) is 11.9. The molecule has 172 valence electrons. The zero-order chi connectivity index (χ0) is 23.5. The molecule has 1 N–H and O–H groups in total. The Morgan fingerprint density at radius 1 is 1.09 bits per heavy atom. The highest BCUT2D eigenvalue weighted by Gasteiger charge is 2.32. The minimum absolute atomic E-state index is 0.0693. The largest absolute Gasteiger partial charge is 0.449 e. The number of hydrogen-bond acceptors (Lipinski definition) is 6. The van der Waals surface area contributed by atoms with E-state index in [1.54, 1.807) is 24.3 Å². The van der Waals surface area contributed by atoms with Gasteiger partial charge in [0, 0.05) is 13.1 Å². The summed E-state index contributed by atoms with van der Waals surface area (Å²) in [6, 6.07) is 12.1. The highest BCUT2D eigenvalue weighted by Crippen LogP contribution is 2.23. The third-order valence-corrected chi connectivity index (χ3v) is 7.07. The SMILES string of the molecule is CC1CN(S(=O)(=O)c2ccc(C(=O)OC(C)C(=O)Nc3ccccc3Cl)cc2)CC(C)O1. The predicted octanol–water partition coefficient (Wildman–Crippen LogP) is 3.32. The number of anilines is 1. The highest BCUT2D eigenvalue weighted by molar-refractivity contribution is 7.89. The molecule has 2 aromatic rings. The van der Waals surface area contributed by atoms with Crippen LogP contribution in [0.2, 0.25) is 5.02 Å². The third kappa shape index (κ3) is 5.66. The highest BCUT2D eigenvalue weighted by atomic mass is 35.5. The van der Waals surface area contributed by atoms with Crippen LogP contribution in [0.25, 0.3) is 0 Å². The average Bonchev–Trinajstić information content (AvgIpc) is 2.74. The molecule has 0 saturated carbocycles. The Morgan fingerprint density at radius 3 is 2.28 bits per heavy atom. The smallest absolute Gasteiger partial charge is 0.338 e. The molecule has 2 aromatic carbocycles. The van der Waals surface area contributed by atoms with E-state index >= 15 is 0 Å². The lowest BCUT2D eigenvalue weighted by molar-refractivity contribution is -0.123. The van der Waals surface area contributed by atoms with Crippen molar-refractivity contribution in [1.82, 2.24) is 4.31 Å². The fourth-order valence-electron chi connectivity index (χ4n) is 3.32. The number of amides is 1. The Balaban J connectivity index is 1.64. The summed E-state index contributed by atoms with van der Waals surface area (Å²) in [5, 5.41) is 2.96. The summed E-state index contributed by atoms with van der Waals surface area (Å²) in [4.78, 5) is 24.8. The van der Waals surface area contributed by atoms with Gasteiger partial charge in [0.05, 0.1) is 33.4 Å². The van der Waals surface area contributed by atoms with Gasteiger partial charge in [0.1, 0.15) is 0 Å². The van der Waals surface area contributed by atoms with Crippen LogP contribution in [-0.4, -0.2) is 56.0 Å². The molecular formula is C22H25ClN2O6S. The maximum Gasteiger partial charge on any atom is 0.338 e. The van der Waals surface area contributed by atoms with E-state index in [1.807, 2.05) is 13.8 Å². The predicted molar refractivity (Wildman–Crippen MR) is 120 cm³/mol. The Hall–Kier alpha value is -2.46. The van der Waals surface area contributed by atoms with E-state index in [9.17, 15) is 18.0 Å². The zero-order valence-corrected chi connectivity index (χ0v) is 19.5. The first-order chi connectivity index (χ1) is 15.1. The summed E-state index contributed by atoms with van der Waals surface area (Å²) in [6.07, 6.45) is -1.50. The number of rotatable bonds is 6. The normalized spacial score (nSPS) is 20.4. The summed E-state index contributed by atoms with van der Waals surface area (Å²) >= 11 is 6.02. The van der Waals surface area contributed by atoms with Crippen LogP contribution in [-0.2, 0) is 24.3 Å². The fourth-order valence-corrected chi connectivity index (χ4v) is 5.09. The van der Waals surface area contributed by atoms with Crippen molar-refractivity contribution in [1.29, 1.82) is 0 Å². The van der Waals surface area contributed by atoms with Gasteiger partial charge in [-0.25, -0.2) is 13.2 Å². The third-order valence-electron chi connectivity index (χ3n) is 4.90. The maximum atomic E-state index is 12.9. The molecule has 8 nitrogen and oxygen atoms in total. The Morgan fingerprint density at radius 2 is 1.69 bits per heavy atom. The van der Waals surface area contributed by atoms with Gasteiger partial charge in [-0.2, -0.15) is 4.31 Å². The van der Waals surface area contributed by atoms with Gasteiger partial charge < -0.3 is 14.8 Å². The zero-order valence-electron chi connectivity index (χ0n) is 17.9. The van der Waals surface area contributed by atoms with Crippen LogP contribution in [0.3, 0.4) is 0 Å². The molecule has 0 radical (unpaired) electrons. The van der Waals surface area contributed by atoms with Crippen molar-refractivity contribution in [3.05, 3.63) is 59.1 Å². The quantitative estimate of drug-likeness (QED) is 0.636. The molecule has 0 aliphatic carbocycles. The Labute approximate surface area is 192 Å². The van der Waals surface area contributed by atoms with Crippen LogP contribution in [0, 0.1) is 0 Å². The molecule has 1 aliphatic heterocycles. The number of sulfonamides is 1. The number of para-hydroxylation sites is 1. The lowest BCUT2D eigenvalue weighted by atomic mass is 10.2. The molecule has 3 rings (SSSR count). The van der Waals surface area contributed by atoms with E-state index in [-0.39, 0.29) is 35.8 Å². The van der Waals surface area contributed by atoms with Crippen LogP contribution in [0.1, 0.15) is 31.1 Å². The minimum atomic E-state index is -3.72. The van der Waals surface area contributed by atoms with Gasteiger partial charge in [-0.3, -0.25) is 4.79 Å². The molecule has 3 unspecified atom stereocenters. The van der Waals surface area contributed by atoms with Crippen molar-refractivity contribution in [3.63, 3.8) is 0 Å². The van der Waals surface area contributed by atoms with Crippen molar-refractivity contribution in [2.24, 2.45) is 0 Å². The second-order valence-corrected chi connectivity index (χ2v) is 9.97. The summed E-state index contributed by atoms with van der Waals surface area (Å²) in [5.74, 6) is -1.29. The second kappa shape index (κ2) is 9.99. The number of esters is 1. The fraction of sp³-hybridized carbons (Fsp3) is 0.364. The van der Waals surface area contributed by atoms with E-state index in [2.05, 4.69) is 5.32 Å². The number of nitrogens with one attached hydrogen (secondary N) is 1. The number of hydrogen-bond donors (Lipinski definition) is 1. The van der Waals surface area contributed by atoms with Crippen molar-refractivity contribution >= 4 is 39.2 Å². The molecule has 10 heteroatoms. The van der Waals surface area contributed by atoms with Gasteiger partial charge in [-0.05, 0) is 57.2 Å². The number of carbonyl (C=O) groups is 2. The number of carbonyl (C=O) groups excluding carboxylic acids is 2. The first-order valence-electron chi connectivity index (χ1n) is 10.1. The van der Waals surface area contributed by atoms with Gasteiger partial charge >= 0.3 is 5.97 Å². The van der Waals surface area contributed by atoms with Crippen LogP contribution in [0.5, 0.6) is 0 Å². The monoisotopic (exact) mass is 480 g/mol. The summed E-state index contributed by atoms with van der Waals surface area (Å²) < 4.78 is 38.0.